The van der Waals surface area contributed by atoms with E-state index < -0.39 is 0 Å². The smallest absolute Gasteiger partial charge is 0.220 e. The molecule has 3 rings (SSSR count). The summed E-state index contributed by atoms with van der Waals surface area (Å²) in [7, 11) is 0. The van der Waals surface area contributed by atoms with E-state index in [0.29, 0.717) is 13.0 Å². The van der Waals surface area contributed by atoms with Crippen molar-refractivity contribution < 1.29 is 4.79 Å². The van der Waals surface area contributed by atoms with E-state index in [9.17, 15) is 4.79 Å². The van der Waals surface area contributed by atoms with Gasteiger partial charge in [0, 0.05) is 19.5 Å². The molecule has 1 saturated heterocycles. The van der Waals surface area contributed by atoms with Crippen LogP contribution in [0.5, 0.6) is 0 Å². The van der Waals surface area contributed by atoms with Crippen LogP contribution < -0.4 is 5.32 Å². The average Bonchev–Trinajstić information content (AvgIpc) is 3.15. The van der Waals surface area contributed by atoms with Gasteiger partial charge in [0.1, 0.15) is 0 Å². The van der Waals surface area contributed by atoms with E-state index in [1.807, 2.05) is 0 Å². The van der Waals surface area contributed by atoms with E-state index in [1.54, 1.807) is 11.3 Å². The molecule has 0 radical (unpaired) electrons. The van der Waals surface area contributed by atoms with E-state index in [4.69, 9.17) is 0 Å². The molecule has 1 fully saturated rings. The molecular weight excluding hydrogens is 328 g/mol. The summed E-state index contributed by atoms with van der Waals surface area (Å²) in [5.74, 6) is 1.000. The van der Waals surface area contributed by atoms with Gasteiger partial charge in [-0.3, -0.25) is 9.69 Å². The molecule has 0 spiro atoms. The third-order valence-corrected chi connectivity index (χ3v) is 5.75. The van der Waals surface area contributed by atoms with Crippen LogP contribution in [0.1, 0.15) is 42.9 Å². The molecule has 25 heavy (non-hydrogen) atoms. The molecule has 1 N–H and O–H groups in total. The number of carbonyl (C=O) groups excluding carboxylic acids is 1. The lowest BCUT2D eigenvalue weighted by Crippen LogP contribution is -2.32. The molecule has 134 valence electrons. The Morgan fingerprint density at radius 2 is 1.84 bits per heavy atom. The lowest BCUT2D eigenvalue weighted by atomic mass is 9.99. The number of hydrogen-bond donors (Lipinski definition) is 1. The molecule has 4 heteroatoms. The number of nitrogens with one attached hydrogen (secondary N) is 1. The maximum Gasteiger partial charge on any atom is 0.220 e. The highest BCUT2D eigenvalue weighted by atomic mass is 32.1. The van der Waals surface area contributed by atoms with Crippen LogP contribution in [0, 0.1) is 5.92 Å². The number of nitrogens with zero attached hydrogens (tertiary/aromatic N) is 1. The molecule has 2 heterocycles. The predicted molar refractivity (Wildman–Crippen MR) is 105 cm³/mol. The monoisotopic (exact) mass is 356 g/mol. The van der Waals surface area contributed by atoms with E-state index >= 15 is 0 Å². The third kappa shape index (κ3) is 5.98. The molecule has 1 aliphatic rings. The molecular formula is C21H28N2OS. The molecule has 1 aromatic carbocycles. The predicted octanol–water partition coefficient (Wildman–Crippen LogP) is 4.23. The van der Waals surface area contributed by atoms with Gasteiger partial charge in [0.2, 0.25) is 5.91 Å². The first kappa shape index (κ1) is 18.2. The standard InChI is InChI=1S/C21H28N2OS/c1-17-8-11-23(12-9-17)15-19-4-2-18(3-5-19)14-22-21(24)7-6-20-10-13-25-16-20/h2-5,10,13,16-17H,6-9,11-12,14-15H2,1H3,(H,22,24). The second-order valence-electron chi connectivity index (χ2n) is 7.18. The number of piperidine rings is 1. The van der Waals surface area contributed by atoms with Gasteiger partial charge in [-0.2, -0.15) is 11.3 Å². The summed E-state index contributed by atoms with van der Waals surface area (Å²) in [5, 5.41) is 7.18. The van der Waals surface area contributed by atoms with E-state index in [-0.39, 0.29) is 5.91 Å². The minimum Gasteiger partial charge on any atom is -0.352 e. The second kappa shape index (κ2) is 9.16. The Balaban J connectivity index is 1.39. The number of carbonyl (C=O) groups is 1. The van der Waals surface area contributed by atoms with E-state index in [0.717, 1.165) is 18.9 Å². The number of benzene rings is 1. The van der Waals surface area contributed by atoms with Gasteiger partial charge < -0.3 is 5.32 Å². The van der Waals surface area contributed by atoms with Crippen molar-refractivity contribution in [3.8, 4) is 0 Å². The maximum absolute atomic E-state index is 12.0. The molecule has 1 aliphatic heterocycles. The Hall–Kier alpha value is -1.65. The van der Waals surface area contributed by atoms with Gasteiger partial charge in [0.05, 0.1) is 0 Å². The molecule has 0 aliphatic carbocycles. The van der Waals surface area contributed by atoms with Gasteiger partial charge in [-0.1, -0.05) is 31.2 Å². The zero-order valence-corrected chi connectivity index (χ0v) is 15.9. The first-order chi connectivity index (χ1) is 12.2. The van der Waals surface area contributed by atoms with Crippen molar-refractivity contribution in [1.82, 2.24) is 10.2 Å². The van der Waals surface area contributed by atoms with Gasteiger partial charge in [0.15, 0.2) is 0 Å². The van der Waals surface area contributed by atoms with E-state index in [2.05, 4.69) is 58.2 Å². The van der Waals surface area contributed by atoms with Crippen molar-refractivity contribution in [3.05, 3.63) is 57.8 Å². The molecule has 1 aromatic heterocycles. The van der Waals surface area contributed by atoms with Gasteiger partial charge in [-0.05, 0) is 71.8 Å². The van der Waals surface area contributed by atoms with Crippen LogP contribution in [0.2, 0.25) is 0 Å². The summed E-state index contributed by atoms with van der Waals surface area (Å²) in [6.07, 6.45) is 4.01. The van der Waals surface area contributed by atoms with Crippen LogP contribution in [0.3, 0.4) is 0 Å². The molecule has 3 nitrogen and oxygen atoms in total. The number of thiophene rings is 1. The normalized spacial score (nSPS) is 16.0. The zero-order chi connectivity index (χ0) is 17.5. The second-order valence-corrected chi connectivity index (χ2v) is 7.96. The summed E-state index contributed by atoms with van der Waals surface area (Å²) >= 11 is 1.68. The van der Waals surface area contributed by atoms with Crippen LogP contribution >= 0.6 is 11.3 Å². The number of rotatable bonds is 7. The summed E-state index contributed by atoms with van der Waals surface area (Å²) in [5.41, 5.74) is 3.78. The van der Waals surface area contributed by atoms with Crippen molar-refractivity contribution in [2.45, 2.75) is 45.7 Å². The van der Waals surface area contributed by atoms with Gasteiger partial charge in [-0.25, -0.2) is 0 Å². The maximum atomic E-state index is 12.0. The quantitative estimate of drug-likeness (QED) is 0.805. The fraction of sp³-hybridized carbons (Fsp3) is 0.476. The fourth-order valence-corrected chi connectivity index (χ4v) is 3.93. The van der Waals surface area contributed by atoms with Gasteiger partial charge in [-0.15, -0.1) is 0 Å². The molecule has 0 atom stereocenters. The van der Waals surface area contributed by atoms with Crippen LogP contribution in [-0.2, 0) is 24.3 Å². The van der Waals surface area contributed by atoms with Crippen molar-refractivity contribution in [2.75, 3.05) is 13.1 Å². The lowest BCUT2D eigenvalue weighted by Gasteiger charge is -2.30. The van der Waals surface area contributed by atoms with E-state index in [1.165, 1.54) is 42.6 Å². The SMILES string of the molecule is CC1CCN(Cc2ccc(CNC(=O)CCc3ccsc3)cc2)CC1. The van der Waals surface area contributed by atoms with Crippen molar-refractivity contribution >= 4 is 17.2 Å². The Labute approximate surface area is 155 Å². The Morgan fingerprint density at radius 1 is 1.12 bits per heavy atom. The third-order valence-electron chi connectivity index (χ3n) is 5.02. The molecule has 1 amide bonds. The topological polar surface area (TPSA) is 32.3 Å². The lowest BCUT2D eigenvalue weighted by molar-refractivity contribution is -0.121. The minimum absolute atomic E-state index is 0.123. The van der Waals surface area contributed by atoms with Gasteiger partial charge in [0.25, 0.3) is 0 Å². The van der Waals surface area contributed by atoms with Crippen molar-refractivity contribution in [1.29, 1.82) is 0 Å². The van der Waals surface area contributed by atoms with Gasteiger partial charge >= 0.3 is 0 Å². The minimum atomic E-state index is 0.123. The molecule has 0 bridgehead atoms. The Bertz CT molecular complexity index is 643. The molecule has 0 saturated carbocycles. The Morgan fingerprint density at radius 3 is 2.52 bits per heavy atom. The first-order valence-corrected chi connectivity index (χ1v) is 10.2. The van der Waals surface area contributed by atoms with Crippen LogP contribution in [0.15, 0.2) is 41.1 Å². The number of likely N-dealkylation sites (tertiary alicyclic amines) is 1. The summed E-state index contributed by atoms with van der Waals surface area (Å²) in [6.45, 7) is 6.43. The Kier molecular flexibility index (Phi) is 6.65. The summed E-state index contributed by atoms with van der Waals surface area (Å²) in [4.78, 5) is 14.5. The molecule has 0 unspecified atom stereocenters. The largest absolute Gasteiger partial charge is 0.352 e. The first-order valence-electron chi connectivity index (χ1n) is 9.27. The van der Waals surface area contributed by atoms with Crippen molar-refractivity contribution in [2.24, 2.45) is 5.92 Å². The van der Waals surface area contributed by atoms with Crippen LogP contribution in [0.4, 0.5) is 0 Å². The fourth-order valence-electron chi connectivity index (χ4n) is 3.22. The average molecular weight is 357 g/mol. The zero-order valence-electron chi connectivity index (χ0n) is 15.0. The highest BCUT2D eigenvalue weighted by Crippen LogP contribution is 2.18. The molecule has 2 aromatic rings. The summed E-state index contributed by atoms with van der Waals surface area (Å²) in [6, 6.07) is 10.8. The van der Waals surface area contributed by atoms with Crippen LogP contribution in [-0.4, -0.2) is 23.9 Å². The number of aryl methyl sites for hydroxylation is 1. The number of amides is 1. The highest BCUT2D eigenvalue weighted by Gasteiger charge is 2.15. The van der Waals surface area contributed by atoms with Crippen LogP contribution in [0.25, 0.3) is 0 Å². The number of hydrogen-bond acceptors (Lipinski definition) is 3. The van der Waals surface area contributed by atoms with Crippen molar-refractivity contribution in [3.63, 3.8) is 0 Å². The summed E-state index contributed by atoms with van der Waals surface area (Å²) < 4.78 is 0. The highest BCUT2D eigenvalue weighted by molar-refractivity contribution is 7.07.